The largest absolute Gasteiger partial charge is 0.321 e. The Balaban J connectivity index is 1.64. The molecule has 1 atom stereocenters. The molecule has 1 spiro atoms. The van der Waals surface area contributed by atoms with Crippen LogP contribution < -0.4 is 5.32 Å². The Kier molecular flexibility index (Phi) is 2.31. The van der Waals surface area contributed by atoms with E-state index in [9.17, 15) is 4.79 Å². The van der Waals surface area contributed by atoms with Crippen molar-refractivity contribution in [2.45, 2.75) is 44.3 Å². The smallest absolute Gasteiger partial charge is 0.244 e. The van der Waals surface area contributed by atoms with Crippen molar-refractivity contribution in [3.8, 4) is 0 Å². The first-order chi connectivity index (χ1) is 9.18. The lowest BCUT2D eigenvalue weighted by atomic mass is 10.1. The molecule has 1 N–H and O–H groups in total. The summed E-state index contributed by atoms with van der Waals surface area (Å²) < 4.78 is 0. The lowest BCUT2D eigenvalue weighted by molar-refractivity contribution is -0.131. The van der Waals surface area contributed by atoms with Crippen LogP contribution >= 0.6 is 0 Å². The van der Waals surface area contributed by atoms with Gasteiger partial charge in [0.15, 0.2) is 0 Å². The van der Waals surface area contributed by atoms with Crippen molar-refractivity contribution in [1.82, 2.24) is 10.2 Å². The topological polar surface area (TPSA) is 32.3 Å². The number of rotatable bonds is 3. The van der Waals surface area contributed by atoms with E-state index in [0.717, 1.165) is 25.3 Å². The average Bonchev–Trinajstić information content (AvgIpc) is 3.29. The normalized spacial score (nSPS) is 28.2. The zero-order valence-electron chi connectivity index (χ0n) is 11.4. The average molecular weight is 256 g/mol. The van der Waals surface area contributed by atoms with Crippen LogP contribution in [-0.4, -0.2) is 22.9 Å². The molecule has 1 aliphatic heterocycles. The third-order valence-electron chi connectivity index (χ3n) is 4.69. The van der Waals surface area contributed by atoms with Gasteiger partial charge < -0.3 is 4.90 Å². The zero-order chi connectivity index (χ0) is 13.0. The zero-order valence-corrected chi connectivity index (χ0v) is 11.4. The van der Waals surface area contributed by atoms with E-state index in [1.165, 1.54) is 24.0 Å². The van der Waals surface area contributed by atoms with E-state index in [1.807, 2.05) is 0 Å². The van der Waals surface area contributed by atoms with Crippen LogP contribution in [0.15, 0.2) is 24.3 Å². The summed E-state index contributed by atoms with van der Waals surface area (Å²) in [7, 11) is 0. The van der Waals surface area contributed by atoms with Crippen molar-refractivity contribution in [3.63, 3.8) is 0 Å². The van der Waals surface area contributed by atoms with E-state index in [-0.39, 0.29) is 11.7 Å². The van der Waals surface area contributed by atoms with Crippen LogP contribution in [-0.2, 0) is 4.79 Å². The second-order valence-corrected chi connectivity index (χ2v) is 6.44. The molecule has 4 rings (SSSR count). The number of carbonyl (C=O) groups is 1. The van der Waals surface area contributed by atoms with Gasteiger partial charge in [0.05, 0.1) is 0 Å². The molecule has 2 aliphatic carbocycles. The van der Waals surface area contributed by atoms with Crippen molar-refractivity contribution >= 4 is 5.91 Å². The Morgan fingerprint density at radius 3 is 2.53 bits per heavy atom. The number of carbonyl (C=O) groups excluding carboxylic acids is 1. The quantitative estimate of drug-likeness (QED) is 0.900. The highest BCUT2D eigenvalue weighted by molar-refractivity contribution is 5.92. The van der Waals surface area contributed by atoms with Gasteiger partial charge in [-0.25, -0.2) is 0 Å². The molecule has 0 bridgehead atoms. The van der Waals surface area contributed by atoms with Gasteiger partial charge in [0.2, 0.25) is 5.91 Å². The summed E-state index contributed by atoms with van der Waals surface area (Å²) in [5, 5.41) is 3.59. The van der Waals surface area contributed by atoms with Gasteiger partial charge in [-0.05, 0) is 44.1 Å². The predicted octanol–water partition coefficient (Wildman–Crippen LogP) is 2.37. The molecule has 2 saturated carbocycles. The van der Waals surface area contributed by atoms with Gasteiger partial charge in [-0.1, -0.05) is 29.8 Å². The number of hydrogen-bond acceptors (Lipinski definition) is 2. The maximum Gasteiger partial charge on any atom is 0.244 e. The summed E-state index contributed by atoms with van der Waals surface area (Å²) in [6, 6.07) is 8.58. The molecular weight excluding hydrogens is 236 g/mol. The Morgan fingerprint density at radius 1 is 1.26 bits per heavy atom. The summed E-state index contributed by atoms with van der Waals surface area (Å²) in [4.78, 5) is 14.7. The van der Waals surface area contributed by atoms with Crippen molar-refractivity contribution < 1.29 is 4.79 Å². The molecule has 1 amide bonds. The molecule has 1 heterocycles. The van der Waals surface area contributed by atoms with E-state index in [0.29, 0.717) is 5.91 Å². The number of amides is 1. The summed E-state index contributed by atoms with van der Waals surface area (Å²) in [5.74, 6) is 1.08. The maximum atomic E-state index is 12.6. The molecule has 1 saturated heterocycles. The molecule has 1 aromatic carbocycles. The standard InChI is InChI=1S/C16H20N2O/c1-11-2-6-13(7-3-11)14-17-16(8-9-16)15(19)18(14)10-12-4-5-12/h2-3,6-7,12,14,17H,4-5,8-10H2,1H3. The summed E-state index contributed by atoms with van der Waals surface area (Å²) >= 11 is 0. The Morgan fingerprint density at radius 2 is 1.95 bits per heavy atom. The molecule has 0 radical (unpaired) electrons. The molecule has 1 aromatic rings. The molecular formula is C16H20N2O. The van der Waals surface area contributed by atoms with Gasteiger partial charge in [-0.15, -0.1) is 0 Å². The first-order valence-electron chi connectivity index (χ1n) is 7.33. The fourth-order valence-corrected chi connectivity index (χ4v) is 3.06. The van der Waals surface area contributed by atoms with Crippen molar-refractivity contribution in [2.24, 2.45) is 5.92 Å². The summed E-state index contributed by atoms with van der Waals surface area (Å²) in [6.07, 6.45) is 4.69. The molecule has 100 valence electrons. The highest BCUT2D eigenvalue weighted by atomic mass is 16.2. The summed E-state index contributed by atoms with van der Waals surface area (Å²) in [5.41, 5.74) is 2.29. The minimum absolute atomic E-state index is 0.0937. The maximum absolute atomic E-state index is 12.6. The van der Waals surface area contributed by atoms with Gasteiger partial charge in [-0.2, -0.15) is 0 Å². The molecule has 19 heavy (non-hydrogen) atoms. The number of aryl methyl sites for hydroxylation is 1. The lowest BCUT2D eigenvalue weighted by Crippen LogP contribution is -2.33. The van der Waals surface area contributed by atoms with Gasteiger partial charge in [0, 0.05) is 6.54 Å². The Labute approximate surface area is 114 Å². The van der Waals surface area contributed by atoms with Gasteiger partial charge in [-0.3, -0.25) is 10.1 Å². The molecule has 0 aromatic heterocycles. The first-order valence-corrected chi connectivity index (χ1v) is 7.33. The van der Waals surface area contributed by atoms with Gasteiger partial charge in [0.1, 0.15) is 11.7 Å². The monoisotopic (exact) mass is 256 g/mol. The minimum atomic E-state index is -0.204. The van der Waals surface area contributed by atoms with Crippen LogP contribution in [0.3, 0.4) is 0 Å². The van der Waals surface area contributed by atoms with Gasteiger partial charge >= 0.3 is 0 Å². The molecule has 3 nitrogen and oxygen atoms in total. The molecule has 3 aliphatic rings. The molecule has 3 heteroatoms. The second-order valence-electron chi connectivity index (χ2n) is 6.44. The molecule has 1 unspecified atom stereocenters. The Bertz CT molecular complexity index is 514. The van der Waals surface area contributed by atoms with E-state index in [1.54, 1.807) is 0 Å². The minimum Gasteiger partial charge on any atom is -0.321 e. The van der Waals surface area contributed by atoms with Crippen molar-refractivity contribution in [2.75, 3.05) is 6.54 Å². The highest BCUT2D eigenvalue weighted by Gasteiger charge is 2.59. The second kappa shape index (κ2) is 3.83. The third kappa shape index (κ3) is 1.88. The fraction of sp³-hybridized carbons (Fsp3) is 0.562. The van der Waals surface area contributed by atoms with Gasteiger partial charge in [0.25, 0.3) is 0 Å². The van der Waals surface area contributed by atoms with Crippen LogP contribution in [0.4, 0.5) is 0 Å². The van der Waals surface area contributed by atoms with Crippen LogP contribution in [0.2, 0.25) is 0 Å². The van der Waals surface area contributed by atoms with E-state index in [2.05, 4.69) is 41.4 Å². The Hall–Kier alpha value is -1.35. The third-order valence-corrected chi connectivity index (χ3v) is 4.69. The SMILES string of the molecule is Cc1ccc(C2NC3(CC3)C(=O)N2CC2CC2)cc1. The van der Waals surface area contributed by atoms with E-state index in [4.69, 9.17) is 0 Å². The summed E-state index contributed by atoms with van der Waals surface area (Å²) in [6.45, 7) is 3.04. The van der Waals surface area contributed by atoms with E-state index >= 15 is 0 Å². The van der Waals surface area contributed by atoms with Crippen LogP contribution in [0.25, 0.3) is 0 Å². The van der Waals surface area contributed by atoms with E-state index < -0.39 is 0 Å². The number of nitrogens with zero attached hydrogens (tertiary/aromatic N) is 1. The number of hydrogen-bond donors (Lipinski definition) is 1. The lowest BCUT2D eigenvalue weighted by Gasteiger charge is -2.24. The van der Waals surface area contributed by atoms with Crippen molar-refractivity contribution in [1.29, 1.82) is 0 Å². The first kappa shape index (κ1) is 11.5. The number of benzene rings is 1. The fourth-order valence-electron chi connectivity index (χ4n) is 3.06. The highest BCUT2D eigenvalue weighted by Crippen LogP contribution is 2.47. The van der Waals surface area contributed by atoms with Crippen LogP contribution in [0.1, 0.15) is 43.0 Å². The van der Waals surface area contributed by atoms with Crippen molar-refractivity contribution in [3.05, 3.63) is 35.4 Å². The predicted molar refractivity (Wildman–Crippen MR) is 73.5 cm³/mol. The van der Waals surface area contributed by atoms with Crippen LogP contribution in [0.5, 0.6) is 0 Å². The molecule has 3 fully saturated rings. The number of nitrogens with one attached hydrogen (secondary N) is 1. The van der Waals surface area contributed by atoms with Crippen LogP contribution in [0, 0.1) is 12.8 Å².